The fraction of sp³-hybridized carbons (Fsp3) is 0.650. The summed E-state index contributed by atoms with van der Waals surface area (Å²) in [6.45, 7) is 8.10. The Balaban J connectivity index is 1.94. The molecular formula is C20H34N4O2. The number of likely N-dealkylation sites (N-methyl/N-ethyl adjacent to an activating group) is 1. The summed E-state index contributed by atoms with van der Waals surface area (Å²) in [5.41, 5.74) is 1.16. The average Bonchev–Trinajstić information content (AvgIpc) is 3.07. The van der Waals surface area contributed by atoms with Gasteiger partial charge in [0.2, 0.25) is 0 Å². The number of likely N-dealkylation sites (tertiary alicyclic amines) is 1. The zero-order valence-corrected chi connectivity index (χ0v) is 16.7. The van der Waals surface area contributed by atoms with Crippen LogP contribution < -0.4 is 10.1 Å². The number of ether oxygens (including phenoxy) is 2. The molecule has 146 valence electrons. The number of methoxy groups -OCH3 is 1. The van der Waals surface area contributed by atoms with Crippen LogP contribution in [0.15, 0.2) is 29.3 Å². The van der Waals surface area contributed by atoms with Crippen LogP contribution >= 0.6 is 0 Å². The molecule has 1 heterocycles. The summed E-state index contributed by atoms with van der Waals surface area (Å²) in [7, 11) is 5.87. The van der Waals surface area contributed by atoms with Crippen molar-refractivity contribution in [3.8, 4) is 5.75 Å². The van der Waals surface area contributed by atoms with Crippen LogP contribution in [-0.2, 0) is 11.3 Å². The summed E-state index contributed by atoms with van der Waals surface area (Å²) < 4.78 is 11.1. The van der Waals surface area contributed by atoms with Gasteiger partial charge < -0.3 is 24.6 Å². The van der Waals surface area contributed by atoms with Gasteiger partial charge in [-0.2, -0.15) is 0 Å². The first-order valence-corrected chi connectivity index (χ1v) is 9.51. The first-order chi connectivity index (χ1) is 12.6. The van der Waals surface area contributed by atoms with E-state index in [1.54, 1.807) is 7.11 Å². The van der Waals surface area contributed by atoms with E-state index in [4.69, 9.17) is 14.5 Å². The van der Waals surface area contributed by atoms with Crippen LogP contribution in [0, 0.1) is 5.92 Å². The summed E-state index contributed by atoms with van der Waals surface area (Å²) in [6, 6.07) is 8.22. The molecule has 1 unspecified atom stereocenters. The molecular weight excluding hydrogens is 328 g/mol. The molecule has 0 saturated carbocycles. The highest BCUT2D eigenvalue weighted by Gasteiger charge is 2.24. The van der Waals surface area contributed by atoms with Crippen molar-refractivity contribution >= 4 is 5.96 Å². The molecule has 0 spiro atoms. The van der Waals surface area contributed by atoms with E-state index >= 15 is 0 Å². The lowest BCUT2D eigenvalue weighted by molar-refractivity contribution is 0.157. The van der Waals surface area contributed by atoms with Gasteiger partial charge in [-0.3, -0.25) is 0 Å². The molecule has 0 amide bonds. The molecule has 1 aromatic carbocycles. The summed E-state index contributed by atoms with van der Waals surface area (Å²) in [5.74, 6) is 2.49. The van der Waals surface area contributed by atoms with Crippen molar-refractivity contribution < 1.29 is 9.47 Å². The maximum atomic E-state index is 5.82. The summed E-state index contributed by atoms with van der Waals surface area (Å²) in [6.07, 6.45) is 1.16. The van der Waals surface area contributed by atoms with Gasteiger partial charge >= 0.3 is 0 Å². The van der Waals surface area contributed by atoms with Gasteiger partial charge in [0.15, 0.2) is 5.96 Å². The minimum Gasteiger partial charge on any atom is -0.492 e. The monoisotopic (exact) mass is 362 g/mol. The van der Waals surface area contributed by atoms with Gasteiger partial charge in [0.05, 0.1) is 13.2 Å². The van der Waals surface area contributed by atoms with Gasteiger partial charge in [0.1, 0.15) is 12.4 Å². The van der Waals surface area contributed by atoms with Crippen LogP contribution in [0.2, 0.25) is 0 Å². The maximum Gasteiger partial charge on any atom is 0.194 e. The van der Waals surface area contributed by atoms with Gasteiger partial charge in [0, 0.05) is 39.2 Å². The molecule has 1 aliphatic heterocycles. The van der Waals surface area contributed by atoms with E-state index in [-0.39, 0.29) is 0 Å². The maximum absolute atomic E-state index is 5.82. The van der Waals surface area contributed by atoms with E-state index in [0.717, 1.165) is 56.5 Å². The number of nitrogens with zero attached hydrogens (tertiary/aromatic N) is 3. The highest BCUT2D eigenvalue weighted by atomic mass is 16.5. The third-order valence-corrected chi connectivity index (χ3v) is 4.44. The molecule has 6 nitrogen and oxygen atoms in total. The van der Waals surface area contributed by atoms with E-state index in [9.17, 15) is 0 Å². The van der Waals surface area contributed by atoms with E-state index in [0.29, 0.717) is 19.1 Å². The van der Waals surface area contributed by atoms with Crippen LogP contribution in [0.5, 0.6) is 5.75 Å². The van der Waals surface area contributed by atoms with Crippen molar-refractivity contribution in [3.63, 3.8) is 0 Å². The summed E-state index contributed by atoms with van der Waals surface area (Å²) >= 11 is 0. The van der Waals surface area contributed by atoms with Gasteiger partial charge in [-0.15, -0.1) is 0 Å². The Morgan fingerprint density at radius 1 is 1.38 bits per heavy atom. The predicted octanol–water partition coefficient (Wildman–Crippen LogP) is 2.06. The zero-order valence-electron chi connectivity index (χ0n) is 16.7. The molecule has 1 fully saturated rings. The Bertz CT molecular complexity index is 562. The Kier molecular flexibility index (Phi) is 8.71. The van der Waals surface area contributed by atoms with Gasteiger partial charge in [-0.1, -0.05) is 12.1 Å². The van der Waals surface area contributed by atoms with Crippen molar-refractivity contribution in [1.29, 1.82) is 0 Å². The van der Waals surface area contributed by atoms with Crippen molar-refractivity contribution in [2.45, 2.75) is 19.9 Å². The van der Waals surface area contributed by atoms with E-state index in [2.05, 4.69) is 34.2 Å². The second-order valence-corrected chi connectivity index (χ2v) is 7.03. The largest absolute Gasteiger partial charge is 0.492 e. The van der Waals surface area contributed by atoms with Gasteiger partial charge in [-0.25, -0.2) is 4.99 Å². The second kappa shape index (κ2) is 11.0. The molecule has 6 heteroatoms. The van der Waals surface area contributed by atoms with Crippen LogP contribution in [0.25, 0.3) is 0 Å². The predicted molar refractivity (Wildman–Crippen MR) is 107 cm³/mol. The minimum atomic E-state index is 0.595. The second-order valence-electron chi connectivity index (χ2n) is 7.03. The van der Waals surface area contributed by atoms with E-state index in [1.165, 1.54) is 0 Å². The SMILES string of the molecule is CCNC(=NCc1cccc(OCCN(C)C)c1)N1CCC(COC)C1. The topological polar surface area (TPSA) is 49.3 Å². The molecule has 1 aromatic rings. The van der Waals surface area contributed by atoms with Crippen LogP contribution in [0.1, 0.15) is 18.9 Å². The number of aliphatic imine (C=N–C) groups is 1. The lowest BCUT2D eigenvalue weighted by Gasteiger charge is -2.21. The van der Waals surface area contributed by atoms with Crippen molar-refractivity contribution in [3.05, 3.63) is 29.8 Å². The zero-order chi connectivity index (χ0) is 18.8. The number of nitrogens with one attached hydrogen (secondary N) is 1. The molecule has 1 atom stereocenters. The Labute approximate surface area is 158 Å². The fourth-order valence-electron chi connectivity index (χ4n) is 3.07. The van der Waals surface area contributed by atoms with Gasteiger partial charge in [-0.05, 0) is 45.1 Å². The molecule has 0 bridgehead atoms. The van der Waals surface area contributed by atoms with Crippen molar-refractivity contribution in [1.82, 2.24) is 15.1 Å². The Morgan fingerprint density at radius 3 is 2.96 bits per heavy atom. The highest BCUT2D eigenvalue weighted by Crippen LogP contribution is 2.18. The molecule has 0 aliphatic carbocycles. The molecule has 26 heavy (non-hydrogen) atoms. The molecule has 1 N–H and O–H groups in total. The number of benzene rings is 1. The first kappa shape index (κ1) is 20.5. The quantitative estimate of drug-likeness (QED) is 0.538. The lowest BCUT2D eigenvalue weighted by atomic mass is 10.1. The Hall–Kier alpha value is -1.79. The molecule has 0 aromatic heterocycles. The third kappa shape index (κ3) is 6.84. The number of hydrogen-bond donors (Lipinski definition) is 1. The molecule has 2 rings (SSSR count). The highest BCUT2D eigenvalue weighted by molar-refractivity contribution is 5.80. The normalized spacial score (nSPS) is 17.8. The van der Waals surface area contributed by atoms with Crippen molar-refractivity contribution in [2.75, 3.05) is 60.6 Å². The molecule has 1 aliphatic rings. The van der Waals surface area contributed by atoms with E-state index in [1.807, 2.05) is 26.2 Å². The summed E-state index contributed by atoms with van der Waals surface area (Å²) in [5, 5.41) is 3.42. The molecule has 1 saturated heterocycles. The van der Waals surface area contributed by atoms with Crippen LogP contribution in [0.4, 0.5) is 0 Å². The molecule has 0 radical (unpaired) electrons. The lowest BCUT2D eigenvalue weighted by Crippen LogP contribution is -2.40. The third-order valence-electron chi connectivity index (χ3n) is 4.44. The van der Waals surface area contributed by atoms with Crippen LogP contribution in [0.3, 0.4) is 0 Å². The number of rotatable bonds is 9. The Morgan fingerprint density at radius 2 is 2.23 bits per heavy atom. The van der Waals surface area contributed by atoms with E-state index < -0.39 is 0 Å². The van der Waals surface area contributed by atoms with Gasteiger partial charge in [0.25, 0.3) is 0 Å². The van der Waals surface area contributed by atoms with Crippen molar-refractivity contribution in [2.24, 2.45) is 10.9 Å². The minimum absolute atomic E-state index is 0.595. The average molecular weight is 363 g/mol. The number of guanidine groups is 1. The van der Waals surface area contributed by atoms with Crippen LogP contribution in [-0.4, -0.2) is 76.4 Å². The fourth-order valence-corrected chi connectivity index (χ4v) is 3.07. The smallest absolute Gasteiger partial charge is 0.194 e. The number of hydrogen-bond acceptors (Lipinski definition) is 4. The first-order valence-electron chi connectivity index (χ1n) is 9.51. The summed E-state index contributed by atoms with van der Waals surface area (Å²) in [4.78, 5) is 9.29. The standard InChI is InChI=1S/C20H34N4O2/c1-5-21-20(24-10-9-18(15-24)16-25-4)22-14-17-7-6-8-19(13-17)26-12-11-23(2)3/h6-8,13,18H,5,9-12,14-16H2,1-4H3,(H,21,22).